The quantitative estimate of drug-likeness (QED) is 0.840. The molecular weight excluding hydrogens is 260 g/mol. The van der Waals surface area contributed by atoms with Crippen molar-refractivity contribution in [3.8, 4) is 0 Å². The summed E-state index contributed by atoms with van der Waals surface area (Å²) in [6.07, 6.45) is 7.40. The van der Waals surface area contributed by atoms with Gasteiger partial charge in [-0.25, -0.2) is 4.98 Å². The zero-order valence-corrected chi connectivity index (χ0v) is 12.0. The maximum atomic E-state index is 12.6. The fraction of sp³-hybridized carbons (Fsp3) is 0.571. The van der Waals surface area contributed by atoms with Gasteiger partial charge in [-0.05, 0) is 44.1 Å². The topological polar surface area (TPSA) is 53.4 Å². The number of hydrogen-bond donors (Lipinski definition) is 1. The molecule has 2 heterocycles. The second kappa shape index (κ2) is 6.91. The third kappa shape index (κ3) is 3.28. The molecule has 0 aliphatic carbocycles. The van der Waals surface area contributed by atoms with Gasteiger partial charge < -0.3 is 10.0 Å². The highest BCUT2D eigenvalue weighted by atomic mass is 32.2. The van der Waals surface area contributed by atoms with Gasteiger partial charge in [-0.1, -0.05) is 0 Å². The van der Waals surface area contributed by atoms with Crippen molar-refractivity contribution in [2.45, 2.75) is 36.8 Å². The molecule has 1 amide bonds. The Labute approximate surface area is 118 Å². The van der Waals surface area contributed by atoms with Gasteiger partial charge in [0.2, 0.25) is 0 Å². The van der Waals surface area contributed by atoms with E-state index in [1.54, 1.807) is 6.20 Å². The lowest BCUT2D eigenvalue weighted by atomic mass is 10.1. The SMILES string of the molecule is CSc1ncccc1C(=O)N1CCCC1CCCO. The Balaban J connectivity index is 2.13. The lowest BCUT2D eigenvalue weighted by molar-refractivity contribution is 0.0720. The molecule has 1 unspecified atom stereocenters. The van der Waals surface area contributed by atoms with E-state index in [1.165, 1.54) is 11.8 Å². The number of carbonyl (C=O) groups is 1. The van der Waals surface area contributed by atoms with Gasteiger partial charge in [0.1, 0.15) is 5.03 Å². The number of amides is 1. The molecule has 1 aliphatic heterocycles. The third-order valence-electron chi connectivity index (χ3n) is 3.53. The minimum absolute atomic E-state index is 0.0814. The summed E-state index contributed by atoms with van der Waals surface area (Å²) in [4.78, 5) is 18.8. The molecule has 2 rings (SSSR count). The first kappa shape index (κ1) is 14.3. The van der Waals surface area contributed by atoms with Crippen LogP contribution in [0.1, 0.15) is 36.0 Å². The average molecular weight is 280 g/mol. The predicted octanol–water partition coefficient (Wildman–Crippen LogP) is 2.18. The lowest BCUT2D eigenvalue weighted by Gasteiger charge is -2.25. The van der Waals surface area contributed by atoms with Gasteiger partial charge in [0.05, 0.1) is 5.56 Å². The molecule has 1 saturated heterocycles. The molecule has 19 heavy (non-hydrogen) atoms. The first-order valence-corrected chi connectivity index (χ1v) is 7.91. The van der Waals surface area contributed by atoms with Crippen LogP contribution in [-0.4, -0.2) is 46.3 Å². The number of rotatable bonds is 5. The highest BCUT2D eigenvalue weighted by Gasteiger charge is 2.30. The lowest BCUT2D eigenvalue weighted by Crippen LogP contribution is -2.36. The summed E-state index contributed by atoms with van der Waals surface area (Å²) in [6, 6.07) is 3.93. The molecule has 0 saturated carbocycles. The Bertz CT molecular complexity index is 439. The van der Waals surface area contributed by atoms with E-state index in [2.05, 4.69) is 4.98 Å². The predicted molar refractivity (Wildman–Crippen MR) is 76.4 cm³/mol. The molecule has 5 heteroatoms. The van der Waals surface area contributed by atoms with Gasteiger partial charge in [-0.3, -0.25) is 4.79 Å². The first-order valence-electron chi connectivity index (χ1n) is 6.68. The Morgan fingerprint density at radius 2 is 2.47 bits per heavy atom. The van der Waals surface area contributed by atoms with E-state index < -0.39 is 0 Å². The Morgan fingerprint density at radius 1 is 1.63 bits per heavy atom. The minimum atomic E-state index is 0.0814. The maximum absolute atomic E-state index is 12.6. The van der Waals surface area contributed by atoms with Crippen molar-refractivity contribution >= 4 is 17.7 Å². The highest BCUT2D eigenvalue weighted by molar-refractivity contribution is 7.98. The van der Waals surface area contributed by atoms with Crippen molar-refractivity contribution in [2.75, 3.05) is 19.4 Å². The van der Waals surface area contributed by atoms with Crippen LogP contribution in [0.25, 0.3) is 0 Å². The molecular formula is C14H20N2O2S. The van der Waals surface area contributed by atoms with E-state index in [0.717, 1.165) is 37.3 Å². The molecule has 1 N–H and O–H groups in total. The standard InChI is InChI=1S/C14H20N2O2S/c1-19-13-12(7-2-8-15-13)14(18)16-9-3-5-11(16)6-4-10-17/h2,7-8,11,17H,3-6,9-10H2,1H3. The summed E-state index contributed by atoms with van der Waals surface area (Å²) in [5.74, 6) is 0.0814. The smallest absolute Gasteiger partial charge is 0.256 e. The average Bonchev–Trinajstić information content (AvgIpc) is 2.92. The fourth-order valence-electron chi connectivity index (χ4n) is 2.60. The number of aliphatic hydroxyl groups excluding tert-OH is 1. The van der Waals surface area contributed by atoms with Crippen LogP contribution in [0.3, 0.4) is 0 Å². The molecule has 104 valence electrons. The minimum Gasteiger partial charge on any atom is -0.396 e. The summed E-state index contributed by atoms with van der Waals surface area (Å²) in [7, 11) is 0. The molecule has 1 atom stereocenters. The molecule has 1 fully saturated rings. The van der Waals surface area contributed by atoms with Crippen molar-refractivity contribution in [1.82, 2.24) is 9.88 Å². The van der Waals surface area contributed by atoms with Gasteiger partial charge >= 0.3 is 0 Å². The number of carbonyl (C=O) groups excluding carboxylic acids is 1. The van der Waals surface area contributed by atoms with Crippen molar-refractivity contribution in [3.05, 3.63) is 23.9 Å². The Hall–Kier alpha value is -1.07. The number of nitrogens with zero attached hydrogens (tertiary/aromatic N) is 2. The zero-order valence-electron chi connectivity index (χ0n) is 11.2. The number of hydrogen-bond acceptors (Lipinski definition) is 4. The van der Waals surface area contributed by atoms with Gasteiger partial charge in [-0.15, -0.1) is 11.8 Å². The second-order valence-corrected chi connectivity index (χ2v) is 5.52. The van der Waals surface area contributed by atoms with Crippen LogP contribution in [0.15, 0.2) is 23.4 Å². The van der Waals surface area contributed by atoms with Gasteiger partial charge in [0.25, 0.3) is 5.91 Å². The summed E-state index contributed by atoms with van der Waals surface area (Å²) in [5, 5.41) is 9.73. The molecule has 1 aromatic heterocycles. The normalized spacial score (nSPS) is 18.8. The molecule has 0 radical (unpaired) electrons. The Kier molecular flexibility index (Phi) is 5.22. The molecule has 0 bridgehead atoms. The number of aromatic nitrogens is 1. The van der Waals surface area contributed by atoms with Crippen LogP contribution < -0.4 is 0 Å². The van der Waals surface area contributed by atoms with Crippen LogP contribution >= 0.6 is 11.8 Å². The first-order chi connectivity index (χ1) is 9.27. The zero-order chi connectivity index (χ0) is 13.7. The van der Waals surface area contributed by atoms with E-state index in [4.69, 9.17) is 5.11 Å². The van der Waals surface area contributed by atoms with Crippen LogP contribution in [0.2, 0.25) is 0 Å². The largest absolute Gasteiger partial charge is 0.396 e. The molecule has 0 spiro atoms. The van der Waals surface area contributed by atoms with Crippen LogP contribution in [0.4, 0.5) is 0 Å². The number of aliphatic hydroxyl groups is 1. The molecule has 0 aromatic carbocycles. The van der Waals surface area contributed by atoms with Gasteiger partial charge in [0, 0.05) is 25.4 Å². The van der Waals surface area contributed by atoms with Crippen LogP contribution in [-0.2, 0) is 0 Å². The van der Waals surface area contributed by atoms with Crippen molar-refractivity contribution < 1.29 is 9.90 Å². The van der Waals surface area contributed by atoms with Crippen molar-refractivity contribution in [1.29, 1.82) is 0 Å². The Morgan fingerprint density at radius 3 is 3.21 bits per heavy atom. The van der Waals surface area contributed by atoms with E-state index in [-0.39, 0.29) is 18.6 Å². The van der Waals surface area contributed by atoms with E-state index >= 15 is 0 Å². The number of thioether (sulfide) groups is 1. The van der Waals surface area contributed by atoms with E-state index in [1.807, 2.05) is 23.3 Å². The number of pyridine rings is 1. The summed E-state index contributed by atoms with van der Waals surface area (Å²) >= 11 is 1.50. The summed E-state index contributed by atoms with van der Waals surface area (Å²) in [6.45, 7) is 1.01. The molecule has 1 aliphatic rings. The molecule has 1 aromatic rings. The fourth-order valence-corrected chi connectivity index (χ4v) is 3.14. The van der Waals surface area contributed by atoms with Crippen molar-refractivity contribution in [3.63, 3.8) is 0 Å². The van der Waals surface area contributed by atoms with E-state index in [0.29, 0.717) is 5.56 Å². The maximum Gasteiger partial charge on any atom is 0.256 e. The second-order valence-electron chi connectivity index (χ2n) is 4.72. The van der Waals surface area contributed by atoms with Crippen LogP contribution in [0, 0.1) is 0 Å². The molecule has 4 nitrogen and oxygen atoms in total. The summed E-state index contributed by atoms with van der Waals surface area (Å²) in [5.41, 5.74) is 0.700. The monoisotopic (exact) mass is 280 g/mol. The van der Waals surface area contributed by atoms with Crippen molar-refractivity contribution in [2.24, 2.45) is 0 Å². The van der Waals surface area contributed by atoms with Crippen LogP contribution in [0.5, 0.6) is 0 Å². The van der Waals surface area contributed by atoms with Gasteiger partial charge in [-0.2, -0.15) is 0 Å². The highest BCUT2D eigenvalue weighted by Crippen LogP contribution is 2.26. The summed E-state index contributed by atoms with van der Waals surface area (Å²) < 4.78 is 0. The van der Waals surface area contributed by atoms with Gasteiger partial charge in [0.15, 0.2) is 0 Å². The third-order valence-corrected chi connectivity index (χ3v) is 4.24. The number of likely N-dealkylation sites (tertiary alicyclic amines) is 1. The van der Waals surface area contributed by atoms with E-state index in [9.17, 15) is 4.79 Å².